The third-order valence-corrected chi connectivity index (χ3v) is 7.69. The Balaban J connectivity index is 1.94. The molecule has 0 radical (unpaired) electrons. The molecule has 1 aliphatic heterocycles. The lowest BCUT2D eigenvalue weighted by Crippen LogP contribution is -2.62. The standard InChI is InChI=1S/C25H46N6/c1-9-25(7,10-2)20-27-21(26-18-14-12-11-13-15-18)29-22(28-20)31(8)19-16-23(3,4)30-24(5,6)17-19/h18-19,30H,9-17H2,1-8H3,(H,26,27,28,29). The van der Waals surface area contributed by atoms with Crippen LogP contribution in [-0.2, 0) is 5.41 Å². The molecule has 3 rings (SSSR count). The van der Waals surface area contributed by atoms with Gasteiger partial charge in [0, 0.05) is 35.6 Å². The van der Waals surface area contributed by atoms with Crippen LogP contribution in [0.3, 0.4) is 0 Å². The van der Waals surface area contributed by atoms with E-state index in [0.717, 1.165) is 43.4 Å². The summed E-state index contributed by atoms with van der Waals surface area (Å²) in [5.74, 6) is 2.51. The minimum Gasteiger partial charge on any atom is -0.351 e. The van der Waals surface area contributed by atoms with Gasteiger partial charge in [-0.3, -0.25) is 0 Å². The van der Waals surface area contributed by atoms with Gasteiger partial charge in [-0.1, -0.05) is 40.0 Å². The monoisotopic (exact) mass is 430 g/mol. The van der Waals surface area contributed by atoms with Crippen LogP contribution in [0.4, 0.5) is 11.9 Å². The maximum absolute atomic E-state index is 5.05. The first-order valence-electron chi connectivity index (χ1n) is 12.5. The van der Waals surface area contributed by atoms with E-state index in [0.29, 0.717) is 12.1 Å². The minimum absolute atomic E-state index is 0.0335. The first-order chi connectivity index (χ1) is 14.5. The lowest BCUT2D eigenvalue weighted by Gasteiger charge is -2.49. The fourth-order valence-electron chi connectivity index (χ4n) is 5.56. The van der Waals surface area contributed by atoms with Crippen LogP contribution in [0.1, 0.15) is 112 Å². The van der Waals surface area contributed by atoms with Gasteiger partial charge < -0.3 is 15.5 Å². The van der Waals surface area contributed by atoms with E-state index < -0.39 is 0 Å². The van der Waals surface area contributed by atoms with Gasteiger partial charge in [0.05, 0.1) is 0 Å². The lowest BCUT2D eigenvalue weighted by molar-refractivity contribution is 0.160. The Morgan fingerprint density at radius 1 is 0.968 bits per heavy atom. The van der Waals surface area contributed by atoms with Gasteiger partial charge in [0.1, 0.15) is 5.82 Å². The summed E-state index contributed by atoms with van der Waals surface area (Å²) >= 11 is 0. The van der Waals surface area contributed by atoms with E-state index in [1.165, 1.54) is 32.1 Å². The fraction of sp³-hybridized carbons (Fsp3) is 0.880. The molecule has 2 heterocycles. The topological polar surface area (TPSA) is 66.0 Å². The van der Waals surface area contributed by atoms with Crippen molar-refractivity contribution in [2.24, 2.45) is 0 Å². The van der Waals surface area contributed by atoms with Crippen molar-refractivity contribution in [3.05, 3.63) is 5.82 Å². The van der Waals surface area contributed by atoms with E-state index in [1.807, 2.05) is 0 Å². The summed E-state index contributed by atoms with van der Waals surface area (Å²) in [6.45, 7) is 16.0. The summed E-state index contributed by atoms with van der Waals surface area (Å²) in [6, 6.07) is 0.868. The maximum Gasteiger partial charge on any atom is 0.230 e. The second-order valence-corrected chi connectivity index (χ2v) is 11.6. The maximum atomic E-state index is 5.05. The molecule has 6 nitrogen and oxygen atoms in total. The Bertz CT molecular complexity index is 718. The highest BCUT2D eigenvalue weighted by atomic mass is 15.3. The second-order valence-electron chi connectivity index (χ2n) is 11.6. The Labute approximate surface area is 190 Å². The molecule has 176 valence electrons. The third kappa shape index (κ3) is 5.88. The predicted octanol–water partition coefficient (Wildman–Crippen LogP) is 5.44. The molecule has 0 aromatic carbocycles. The lowest BCUT2D eigenvalue weighted by atomic mass is 9.79. The normalized spacial score (nSPS) is 22.3. The molecule has 2 N–H and O–H groups in total. The van der Waals surface area contributed by atoms with Crippen molar-refractivity contribution < 1.29 is 0 Å². The van der Waals surface area contributed by atoms with E-state index in [1.54, 1.807) is 0 Å². The molecular formula is C25H46N6. The molecule has 31 heavy (non-hydrogen) atoms. The zero-order valence-electron chi connectivity index (χ0n) is 21.3. The van der Waals surface area contributed by atoms with Gasteiger partial charge in [0.15, 0.2) is 0 Å². The average molecular weight is 431 g/mol. The van der Waals surface area contributed by atoms with Crippen molar-refractivity contribution in [2.45, 2.75) is 135 Å². The van der Waals surface area contributed by atoms with Crippen molar-refractivity contribution in [3.8, 4) is 0 Å². The van der Waals surface area contributed by atoms with E-state index in [2.05, 4.69) is 71.0 Å². The van der Waals surface area contributed by atoms with Gasteiger partial charge in [-0.25, -0.2) is 0 Å². The van der Waals surface area contributed by atoms with Gasteiger partial charge in [-0.15, -0.1) is 0 Å². The summed E-state index contributed by atoms with van der Waals surface area (Å²) < 4.78 is 0. The summed E-state index contributed by atoms with van der Waals surface area (Å²) in [5, 5.41) is 7.47. The minimum atomic E-state index is -0.0335. The molecule has 0 spiro atoms. The van der Waals surface area contributed by atoms with Crippen LogP contribution in [0, 0.1) is 0 Å². The van der Waals surface area contributed by atoms with Crippen LogP contribution >= 0.6 is 0 Å². The molecule has 1 aromatic heterocycles. The highest BCUT2D eigenvalue weighted by Crippen LogP contribution is 2.34. The van der Waals surface area contributed by atoms with Crippen LogP contribution in [0.2, 0.25) is 0 Å². The Morgan fingerprint density at radius 3 is 2.10 bits per heavy atom. The largest absolute Gasteiger partial charge is 0.351 e. The number of nitrogens with one attached hydrogen (secondary N) is 2. The summed E-state index contributed by atoms with van der Waals surface area (Å²) in [6.07, 6.45) is 10.5. The van der Waals surface area contributed by atoms with Crippen LogP contribution in [0.5, 0.6) is 0 Å². The van der Waals surface area contributed by atoms with E-state index >= 15 is 0 Å². The van der Waals surface area contributed by atoms with Crippen molar-refractivity contribution in [1.29, 1.82) is 0 Å². The van der Waals surface area contributed by atoms with E-state index in [4.69, 9.17) is 15.0 Å². The first-order valence-corrected chi connectivity index (χ1v) is 12.5. The van der Waals surface area contributed by atoms with Crippen LogP contribution in [0.25, 0.3) is 0 Å². The molecule has 1 saturated heterocycles. The molecule has 1 aliphatic carbocycles. The highest BCUT2D eigenvalue weighted by Gasteiger charge is 2.40. The Kier molecular flexibility index (Phi) is 7.19. The zero-order valence-corrected chi connectivity index (χ0v) is 21.3. The summed E-state index contributed by atoms with van der Waals surface area (Å²) in [5.41, 5.74) is 0.135. The number of rotatable bonds is 7. The molecular weight excluding hydrogens is 384 g/mol. The number of nitrogens with zero attached hydrogens (tertiary/aromatic N) is 4. The van der Waals surface area contributed by atoms with Crippen LogP contribution in [-0.4, -0.2) is 45.2 Å². The molecule has 2 fully saturated rings. The van der Waals surface area contributed by atoms with Gasteiger partial charge in [0.25, 0.3) is 0 Å². The van der Waals surface area contributed by atoms with Crippen molar-refractivity contribution in [1.82, 2.24) is 20.3 Å². The summed E-state index contributed by atoms with van der Waals surface area (Å²) in [4.78, 5) is 17.3. The molecule has 6 heteroatoms. The first kappa shape index (κ1) is 24.2. The van der Waals surface area contributed by atoms with E-state index in [-0.39, 0.29) is 16.5 Å². The average Bonchev–Trinajstić information content (AvgIpc) is 2.71. The molecule has 0 amide bonds. The molecule has 0 atom stereocenters. The Morgan fingerprint density at radius 2 is 1.55 bits per heavy atom. The number of aromatic nitrogens is 3. The second kappa shape index (κ2) is 9.21. The van der Waals surface area contributed by atoms with Gasteiger partial charge >= 0.3 is 0 Å². The fourth-order valence-corrected chi connectivity index (χ4v) is 5.56. The summed E-state index contributed by atoms with van der Waals surface area (Å²) in [7, 11) is 2.17. The quantitative estimate of drug-likeness (QED) is 0.600. The predicted molar refractivity (Wildman–Crippen MR) is 131 cm³/mol. The third-order valence-electron chi connectivity index (χ3n) is 7.69. The number of piperidine rings is 1. The van der Waals surface area contributed by atoms with Crippen molar-refractivity contribution in [3.63, 3.8) is 0 Å². The molecule has 0 unspecified atom stereocenters. The number of hydrogen-bond donors (Lipinski definition) is 2. The molecule has 1 saturated carbocycles. The van der Waals surface area contributed by atoms with Gasteiger partial charge in [-0.05, 0) is 66.2 Å². The molecule has 2 aliphatic rings. The number of hydrogen-bond acceptors (Lipinski definition) is 6. The van der Waals surface area contributed by atoms with Gasteiger partial charge in [-0.2, -0.15) is 15.0 Å². The van der Waals surface area contributed by atoms with Crippen LogP contribution < -0.4 is 15.5 Å². The van der Waals surface area contributed by atoms with Gasteiger partial charge in [0.2, 0.25) is 11.9 Å². The van der Waals surface area contributed by atoms with Crippen LogP contribution in [0.15, 0.2) is 0 Å². The number of anilines is 2. The molecule has 0 bridgehead atoms. The van der Waals surface area contributed by atoms with E-state index in [9.17, 15) is 0 Å². The Hall–Kier alpha value is -1.43. The SMILES string of the molecule is CCC(C)(CC)c1nc(NC2CCCCC2)nc(N(C)C2CC(C)(C)NC(C)(C)C2)n1. The zero-order chi connectivity index (χ0) is 22.9. The van der Waals surface area contributed by atoms with Crippen molar-refractivity contribution >= 4 is 11.9 Å². The van der Waals surface area contributed by atoms with Crippen molar-refractivity contribution in [2.75, 3.05) is 17.3 Å². The highest BCUT2D eigenvalue weighted by molar-refractivity contribution is 5.40. The molecule has 1 aromatic rings. The smallest absolute Gasteiger partial charge is 0.230 e.